The highest BCUT2D eigenvalue weighted by Gasteiger charge is 2.29. The number of piperidine rings is 1. The summed E-state index contributed by atoms with van der Waals surface area (Å²) in [6, 6.07) is 3.17. The van der Waals surface area contributed by atoms with Crippen LogP contribution in [0.3, 0.4) is 0 Å². The molecule has 4 heteroatoms. The second kappa shape index (κ2) is 6.73. The van der Waals surface area contributed by atoms with Gasteiger partial charge >= 0.3 is 0 Å². The lowest BCUT2D eigenvalue weighted by atomic mass is 9.79. The Hall–Kier alpha value is -1.16. The molecule has 21 heavy (non-hydrogen) atoms. The van der Waals surface area contributed by atoms with Gasteiger partial charge < -0.3 is 10.2 Å². The van der Waals surface area contributed by atoms with Crippen molar-refractivity contribution in [2.24, 2.45) is 11.8 Å². The van der Waals surface area contributed by atoms with Gasteiger partial charge in [-0.1, -0.05) is 13.8 Å². The molecule has 0 radical (unpaired) electrons. The van der Waals surface area contributed by atoms with Gasteiger partial charge in [0.05, 0.1) is 0 Å². The third-order valence-corrected chi connectivity index (χ3v) is 5.14. The van der Waals surface area contributed by atoms with E-state index in [1.807, 2.05) is 18.5 Å². The van der Waals surface area contributed by atoms with Gasteiger partial charge in [0.15, 0.2) is 0 Å². The van der Waals surface area contributed by atoms with Crippen molar-refractivity contribution >= 4 is 5.95 Å². The molecule has 0 spiro atoms. The van der Waals surface area contributed by atoms with E-state index in [1.54, 1.807) is 0 Å². The van der Waals surface area contributed by atoms with E-state index in [2.05, 4.69) is 34.0 Å². The lowest BCUT2D eigenvalue weighted by Gasteiger charge is -2.39. The number of rotatable bonds is 3. The predicted molar refractivity (Wildman–Crippen MR) is 86.4 cm³/mol. The number of anilines is 1. The van der Waals surface area contributed by atoms with Crippen molar-refractivity contribution in [1.82, 2.24) is 15.3 Å². The van der Waals surface area contributed by atoms with E-state index in [0.717, 1.165) is 30.9 Å². The van der Waals surface area contributed by atoms with Crippen LogP contribution in [0.1, 0.15) is 46.0 Å². The Labute approximate surface area is 128 Å². The van der Waals surface area contributed by atoms with E-state index in [-0.39, 0.29) is 0 Å². The van der Waals surface area contributed by atoms with Gasteiger partial charge in [-0.25, -0.2) is 9.97 Å². The minimum atomic E-state index is 0.586. The predicted octanol–water partition coefficient (Wildman–Crippen LogP) is 2.86. The molecule has 0 bridgehead atoms. The molecular weight excluding hydrogens is 260 g/mol. The summed E-state index contributed by atoms with van der Waals surface area (Å²) < 4.78 is 0. The van der Waals surface area contributed by atoms with Crippen LogP contribution in [0.25, 0.3) is 0 Å². The number of hydrogen-bond donors (Lipinski definition) is 1. The van der Waals surface area contributed by atoms with E-state index in [9.17, 15) is 0 Å². The molecule has 4 nitrogen and oxygen atoms in total. The van der Waals surface area contributed by atoms with Crippen molar-refractivity contribution in [2.45, 2.75) is 58.0 Å². The number of hydrogen-bond acceptors (Lipinski definition) is 4. The zero-order valence-electron chi connectivity index (χ0n) is 13.3. The molecule has 1 aromatic rings. The lowest BCUT2D eigenvalue weighted by Crippen LogP contribution is -2.52. The van der Waals surface area contributed by atoms with Crippen LogP contribution in [0.5, 0.6) is 0 Å². The first kappa shape index (κ1) is 14.8. The van der Waals surface area contributed by atoms with E-state index in [4.69, 9.17) is 0 Å². The molecule has 2 fully saturated rings. The monoisotopic (exact) mass is 288 g/mol. The molecule has 1 aromatic heterocycles. The molecule has 4 unspecified atom stereocenters. The molecule has 0 amide bonds. The van der Waals surface area contributed by atoms with Gasteiger partial charge in [-0.3, -0.25) is 0 Å². The number of nitrogens with zero attached hydrogens (tertiary/aromatic N) is 3. The van der Waals surface area contributed by atoms with Crippen molar-refractivity contribution in [3.8, 4) is 0 Å². The zero-order chi connectivity index (χ0) is 14.7. The van der Waals surface area contributed by atoms with E-state index in [0.29, 0.717) is 12.1 Å². The Kier molecular flexibility index (Phi) is 4.73. The third-order valence-electron chi connectivity index (χ3n) is 5.14. The minimum absolute atomic E-state index is 0.586. The number of nitrogens with one attached hydrogen (secondary N) is 1. The first-order valence-electron chi connectivity index (χ1n) is 8.50. The molecule has 1 saturated carbocycles. The van der Waals surface area contributed by atoms with Crippen LogP contribution in [0.2, 0.25) is 0 Å². The summed E-state index contributed by atoms with van der Waals surface area (Å²) in [5, 5.41) is 3.93. The summed E-state index contributed by atoms with van der Waals surface area (Å²) in [5.74, 6) is 2.59. The normalized spacial score (nSPS) is 33.9. The van der Waals surface area contributed by atoms with E-state index >= 15 is 0 Å². The average molecular weight is 288 g/mol. The van der Waals surface area contributed by atoms with Crippen molar-refractivity contribution < 1.29 is 0 Å². The van der Waals surface area contributed by atoms with E-state index in [1.165, 1.54) is 32.1 Å². The largest absolute Gasteiger partial charge is 0.339 e. The van der Waals surface area contributed by atoms with Crippen LogP contribution in [0.15, 0.2) is 18.5 Å². The first-order chi connectivity index (χ1) is 10.2. The second-order valence-corrected chi connectivity index (χ2v) is 7.00. The second-order valence-electron chi connectivity index (χ2n) is 7.00. The van der Waals surface area contributed by atoms with Gasteiger partial charge in [0, 0.05) is 37.6 Å². The fourth-order valence-electron chi connectivity index (χ4n) is 3.97. The van der Waals surface area contributed by atoms with Gasteiger partial charge in [0.2, 0.25) is 5.95 Å². The molecule has 3 rings (SSSR count). The van der Waals surface area contributed by atoms with Crippen molar-refractivity contribution in [3.63, 3.8) is 0 Å². The van der Waals surface area contributed by atoms with Crippen LogP contribution >= 0.6 is 0 Å². The van der Waals surface area contributed by atoms with Crippen LogP contribution < -0.4 is 10.2 Å². The summed E-state index contributed by atoms with van der Waals surface area (Å²) >= 11 is 0. The molecule has 1 aliphatic heterocycles. The Balaban J connectivity index is 1.56. The third kappa shape index (κ3) is 3.73. The van der Waals surface area contributed by atoms with Crippen LogP contribution in [0, 0.1) is 11.8 Å². The first-order valence-corrected chi connectivity index (χ1v) is 8.50. The summed E-state index contributed by atoms with van der Waals surface area (Å²) in [5.41, 5.74) is 0. The maximum absolute atomic E-state index is 4.40. The summed E-state index contributed by atoms with van der Waals surface area (Å²) in [4.78, 5) is 11.1. The maximum atomic E-state index is 4.40. The lowest BCUT2D eigenvalue weighted by molar-refractivity contribution is 0.206. The van der Waals surface area contributed by atoms with Gasteiger partial charge in [0.25, 0.3) is 0 Å². The maximum Gasteiger partial charge on any atom is 0.225 e. The smallest absolute Gasteiger partial charge is 0.225 e. The molecule has 1 aliphatic carbocycles. The van der Waals surface area contributed by atoms with Gasteiger partial charge in [0.1, 0.15) is 0 Å². The average Bonchev–Trinajstić information content (AvgIpc) is 2.51. The Morgan fingerprint density at radius 2 is 1.95 bits per heavy atom. The van der Waals surface area contributed by atoms with E-state index < -0.39 is 0 Å². The molecule has 0 aromatic carbocycles. The summed E-state index contributed by atoms with van der Waals surface area (Å²) in [6.07, 6.45) is 10.3. The van der Waals surface area contributed by atoms with Crippen LogP contribution in [0.4, 0.5) is 5.95 Å². The van der Waals surface area contributed by atoms with Crippen LogP contribution in [-0.2, 0) is 0 Å². The molecular formula is C17H28N4. The van der Waals surface area contributed by atoms with Gasteiger partial charge in [-0.05, 0) is 50.0 Å². The quantitative estimate of drug-likeness (QED) is 0.928. The topological polar surface area (TPSA) is 41.0 Å². The Morgan fingerprint density at radius 1 is 1.14 bits per heavy atom. The van der Waals surface area contributed by atoms with Crippen molar-refractivity contribution in [3.05, 3.63) is 18.5 Å². The van der Waals surface area contributed by atoms with Crippen molar-refractivity contribution in [1.29, 1.82) is 0 Å². The molecule has 1 saturated heterocycles. The molecule has 116 valence electrons. The molecule has 2 aliphatic rings. The van der Waals surface area contributed by atoms with Gasteiger partial charge in [-0.2, -0.15) is 0 Å². The molecule has 1 N–H and O–H groups in total. The number of aromatic nitrogens is 2. The molecule has 4 atom stereocenters. The van der Waals surface area contributed by atoms with Crippen LogP contribution in [-0.4, -0.2) is 35.1 Å². The fourth-order valence-corrected chi connectivity index (χ4v) is 3.97. The Bertz CT molecular complexity index is 436. The van der Waals surface area contributed by atoms with Gasteiger partial charge in [-0.15, -0.1) is 0 Å². The highest BCUT2D eigenvalue weighted by atomic mass is 15.3. The highest BCUT2D eigenvalue weighted by molar-refractivity contribution is 5.29. The van der Waals surface area contributed by atoms with Crippen molar-refractivity contribution in [2.75, 3.05) is 18.0 Å². The minimum Gasteiger partial charge on any atom is -0.339 e. The SMILES string of the molecule is CC1CCC(NC2CCCN(c3ncccn3)C2)C(C)C1. The fraction of sp³-hybridized carbons (Fsp3) is 0.765. The standard InChI is InChI=1S/C17H28N4/c1-13-6-7-16(14(2)11-13)20-15-5-3-10-21(12-15)17-18-8-4-9-19-17/h4,8-9,13-16,20H,3,5-7,10-12H2,1-2H3. The highest BCUT2D eigenvalue weighted by Crippen LogP contribution is 2.29. The molecule has 2 heterocycles. The zero-order valence-corrected chi connectivity index (χ0v) is 13.3. The summed E-state index contributed by atoms with van der Waals surface area (Å²) in [6.45, 7) is 6.93. The Morgan fingerprint density at radius 3 is 2.71 bits per heavy atom. The summed E-state index contributed by atoms with van der Waals surface area (Å²) in [7, 11) is 0.